The van der Waals surface area contributed by atoms with E-state index in [0.29, 0.717) is 5.69 Å². The van der Waals surface area contributed by atoms with Crippen molar-refractivity contribution in [1.82, 2.24) is 0 Å². The molecule has 0 fully saturated rings. The minimum atomic E-state index is -1.23. The van der Waals surface area contributed by atoms with E-state index in [1.165, 1.54) is 18.2 Å². The molecule has 0 aromatic heterocycles. The number of aromatic carboxylic acids is 1. The van der Waals surface area contributed by atoms with Gasteiger partial charge in [-0.25, -0.2) is 4.79 Å². The summed E-state index contributed by atoms with van der Waals surface area (Å²) in [4.78, 5) is 22.1. The highest BCUT2D eigenvalue weighted by Crippen LogP contribution is 2.31. The Labute approximate surface area is 172 Å². The van der Waals surface area contributed by atoms with Gasteiger partial charge < -0.3 is 10.4 Å². The average molecular weight is 411 g/mol. The number of hydrogen-bond acceptors (Lipinski definition) is 4. The van der Waals surface area contributed by atoms with Crippen molar-refractivity contribution < 1.29 is 14.8 Å². The summed E-state index contributed by atoms with van der Waals surface area (Å²) in [6.45, 7) is 1.96. The molecule has 0 heterocycles. The number of para-hydroxylation sites is 1. The molecule has 0 atom stereocenters. The number of carboxylic acids is 1. The molecule has 7 heteroatoms. The zero-order valence-corrected chi connectivity index (χ0v) is 16.4. The van der Waals surface area contributed by atoms with Gasteiger partial charge >= 0.3 is 5.97 Å². The number of hydrogen-bond donors (Lipinski definition) is 2. The van der Waals surface area contributed by atoms with Crippen molar-refractivity contribution in [1.29, 1.82) is 0 Å². The van der Waals surface area contributed by atoms with Crippen LogP contribution in [0.25, 0.3) is 0 Å². The lowest BCUT2D eigenvalue weighted by Crippen LogP contribution is -2.06. The molecule has 3 rings (SSSR count). The molecule has 2 N–H and O–H groups in total. The Kier molecular flexibility index (Phi) is 6.14. The minimum absolute atomic E-state index is 0.0351. The van der Waals surface area contributed by atoms with Crippen LogP contribution in [0.2, 0.25) is 5.02 Å². The molecular weight excluding hydrogens is 392 g/mol. The third-order valence-corrected chi connectivity index (χ3v) is 5.04. The van der Waals surface area contributed by atoms with E-state index >= 15 is 0 Å². The van der Waals surface area contributed by atoms with Gasteiger partial charge in [-0.05, 0) is 60.7 Å². The number of benzene rings is 3. The van der Waals surface area contributed by atoms with Crippen LogP contribution in [0.15, 0.2) is 60.7 Å². The van der Waals surface area contributed by atoms with Crippen molar-refractivity contribution in [3.05, 3.63) is 98.1 Å². The Balaban J connectivity index is 1.75. The zero-order chi connectivity index (χ0) is 21.0. The van der Waals surface area contributed by atoms with Gasteiger partial charge in [-0.3, -0.25) is 10.1 Å². The number of nitro groups is 1. The second kappa shape index (κ2) is 8.75. The SMILES string of the molecule is Cc1ccc(CCc2ccc(Nc3c(C(=O)O)cccc3[N+](=O)[O-])cc2)cc1Cl. The lowest BCUT2D eigenvalue weighted by atomic mass is 10.0. The van der Waals surface area contributed by atoms with Crippen molar-refractivity contribution in [3.8, 4) is 0 Å². The highest BCUT2D eigenvalue weighted by atomic mass is 35.5. The van der Waals surface area contributed by atoms with Gasteiger partial charge in [-0.1, -0.05) is 41.9 Å². The van der Waals surface area contributed by atoms with Crippen molar-refractivity contribution in [3.63, 3.8) is 0 Å². The molecule has 29 heavy (non-hydrogen) atoms. The van der Waals surface area contributed by atoms with Crippen molar-refractivity contribution in [2.24, 2.45) is 0 Å². The van der Waals surface area contributed by atoms with Crippen LogP contribution in [-0.2, 0) is 12.8 Å². The van der Waals surface area contributed by atoms with Gasteiger partial charge in [0, 0.05) is 16.8 Å². The number of nitro benzene ring substituents is 1. The van der Waals surface area contributed by atoms with Crippen LogP contribution < -0.4 is 5.32 Å². The van der Waals surface area contributed by atoms with Crippen LogP contribution in [0.5, 0.6) is 0 Å². The van der Waals surface area contributed by atoms with Gasteiger partial charge in [0.1, 0.15) is 5.69 Å². The molecule has 0 aliphatic heterocycles. The third-order valence-electron chi connectivity index (χ3n) is 4.63. The number of halogens is 1. The first-order chi connectivity index (χ1) is 13.8. The van der Waals surface area contributed by atoms with E-state index in [2.05, 4.69) is 11.4 Å². The predicted molar refractivity (Wildman–Crippen MR) is 113 cm³/mol. The molecule has 0 amide bonds. The fourth-order valence-corrected chi connectivity index (χ4v) is 3.18. The number of rotatable bonds is 7. The van der Waals surface area contributed by atoms with E-state index in [9.17, 15) is 20.0 Å². The van der Waals surface area contributed by atoms with Gasteiger partial charge in [-0.15, -0.1) is 0 Å². The summed E-state index contributed by atoms with van der Waals surface area (Å²) < 4.78 is 0. The summed E-state index contributed by atoms with van der Waals surface area (Å²) in [7, 11) is 0. The molecule has 0 aliphatic carbocycles. The molecule has 6 nitrogen and oxygen atoms in total. The van der Waals surface area contributed by atoms with Crippen LogP contribution in [-0.4, -0.2) is 16.0 Å². The molecule has 0 radical (unpaired) electrons. The molecule has 3 aromatic rings. The lowest BCUT2D eigenvalue weighted by Gasteiger charge is -2.11. The number of nitrogens with zero attached hydrogens (tertiary/aromatic N) is 1. The lowest BCUT2D eigenvalue weighted by molar-refractivity contribution is -0.383. The molecule has 3 aromatic carbocycles. The summed E-state index contributed by atoms with van der Waals surface area (Å²) in [6.07, 6.45) is 1.64. The maximum Gasteiger partial charge on any atom is 0.338 e. The summed E-state index contributed by atoms with van der Waals surface area (Å²) in [6, 6.07) is 17.4. The largest absolute Gasteiger partial charge is 0.478 e. The van der Waals surface area contributed by atoms with Crippen molar-refractivity contribution >= 4 is 34.6 Å². The van der Waals surface area contributed by atoms with E-state index in [4.69, 9.17) is 11.6 Å². The third kappa shape index (κ3) is 4.92. The average Bonchev–Trinajstić information content (AvgIpc) is 2.69. The summed E-state index contributed by atoms with van der Waals surface area (Å²) in [5.74, 6) is -1.23. The normalized spacial score (nSPS) is 10.6. The molecule has 0 spiro atoms. The first-order valence-electron chi connectivity index (χ1n) is 8.97. The minimum Gasteiger partial charge on any atom is -0.478 e. The maximum absolute atomic E-state index is 11.4. The molecule has 0 saturated carbocycles. The van der Waals surface area contributed by atoms with E-state index in [1.807, 2.05) is 31.2 Å². The number of nitrogens with one attached hydrogen (secondary N) is 1. The summed E-state index contributed by atoms with van der Waals surface area (Å²) in [5.41, 5.74) is 3.38. The molecule has 148 valence electrons. The van der Waals surface area contributed by atoms with Crippen LogP contribution in [0, 0.1) is 17.0 Å². The van der Waals surface area contributed by atoms with Gasteiger partial charge in [0.15, 0.2) is 0 Å². The predicted octanol–water partition coefficient (Wildman–Crippen LogP) is 5.78. The van der Waals surface area contributed by atoms with Crippen LogP contribution in [0.1, 0.15) is 27.0 Å². The van der Waals surface area contributed by atoms with E-state index in [0.717, 1.165) is 34.6 Å². The highest BCUT2D eigenvalue weighted by Gasteiger charge is 2.21. The maximum atomic E-state index is 11.4. The topological polar surface area (TPSA) is 92.5 Å². The Morgan fingerprint density at radius 3 is 2.34 bits per heavy atom. The van der Waals surface area contributed by atoms with Gasteiger partial charge in [-0.2, -0.15) is 0 Å². The van der Waals surface area contributed by atoms with Crippen LogP contribution in [0.4, 0.5) is 17.1 Å². The van der Waals surface area contributed by atoms with Crippen molar-refractivity contribution in [2.75, 3.05) is 5.32 Å². The Morgan fingerprint density at radius 1 is 1.07 bits per heavy atom. The number of aryl methyl sites for hydroxylation is 3. The highest BCUT2D eigenvalue weighted by molar-refractivity contribution is 6.31. The zero-order valence-electron chi connectivity index (χ0n) is 15.7. The van der Waals surface area contributed by atoms with Gasteiger partial charge in [0.25, 0.3) is 5.69 Å². The monoisotopic (exact) mass is 410 g/mol. The Bertz CT molecular complexity index is 1030. The second-order valence-corrected chi connectivity index (χ2v) is 7.07. The van der Waals surface area contributed by atoms with Gasteiger partial charge in [0.05, 0.1) is 10.5 Å². The molecule has 0 saturated heterocycles. The van der Waals surface area contributed by atoms with Crippen LogP contribution in [0.3, 0.4) is 0 Å². The van der Waals surface area contributed by atoms with Crippen LogP contribution >= 0.6 is 11.6 Å². The standard InChI is InChI=1S/C22H19ClN2O4/c1-14-5-6-16(13-19(14)23)8-7-15-9-11-17(12-10-15)24-21-18(22(26)27)3-2-4-20(21)25(28)29/h2-6,9-13,24H,7-8H2,1H3,(H,26,27). The molecule has 0 bridgehead atoms. The molecular formula is C22H19ClN2O4. The van der Waals surface area contributed by atoms with E-state index < -0.39 is 10.9 Å². The molecule has 0 unspecified atom stereocenters. The van der Waals surface area contributed by atoms with E-state index in [1.54, 1.807) is 12.1 Å². The smallest absolute Gasteiger partial charge is 0.338 e. The van der Waals surface area contributed by atoms with Gasteiger partial charge in [0.2, 0.25) is 0 Å². The summed E-state index contributed by atoms with van der Waals surface area (Å²) in [5, 5.41) is 24.2. The number of carboxylic acid groups (broad SMARTS) is 1. The number of anilines is 2. The van der Waals surface area contributed by atoms with E-state index in [-0.39, 0.29) is 16.9 Å². The van der Waals surface area contributed by atoms with Crippen molar-refractivity contribution in [2.45, 2.75) is 19.8 Å². The first kappa shape index (κ1) is 20.4. The Morgan fingerprint density at radius 2 is 1.72 bits per heavy atom. The fraction of sp³-hybridized carbons (Fsp3) is 0.136. The second-order valence-electron chi connectivity index (χ2n) is 6.67. The first-order valence-corrected chi connectivity index (χ1v) is 9.34. The molecule has 0 aliphatic rings. The quantitative estimate of drug-likeness (QED) is 0.380. The fourth-order valence-electron chi connectivity index (χ4n) is 2.98. The number of carbonyl (C=O) groups is 1. The summed E-state index contributed by atoms with van der Waals surface area (Å²) >= 11 is 6.17. The Hall–Kier alpha value is -3.38.